The first kappa shape index (κ1) is 16.9. The van der Waals surface area contributed by atoms with E-state index < -0.39 is 0 Å². The van der Waals surface area contributed by atoms with Gasteiger partial charge in [-0.3, -0.25) is 9.97 Å². The highest BCUT2D eigenvalue weighted by Crippen LogP contribution is 2.27. The van der Waals surface area contributed by atoms with E-state index in [-0.39, 0.29) is 6.04 Å². The molecule has 1 N–H and O–H groups in total. The highest BCUT2D eigenvalue weighted by atomic mass is 16.5. The second-order valence-electron chi connectivity index (χ2n) is 6.57. The Morgan fingerprint density at radius 1 is 1.17 bits per heavy atom. The van der Waals surface area contributed by atoms with E-state index in [2.05, 4.69) is 53.4 Å². The van der Waals surface area contributed by atoms with Crippen LogP contribution >= 0.6 is 0 Å². The van der Waals surface area contributed by atoms with Gasteiger partial charge in [-0.15, -0.1) is 0 Å². The first-order valence-electron chi connectivity index (χ1n) is 9.05. The molecule has 2 aromatic rings. The Labute approximate surface area is 144 Å². The van der Waals surface area contributed by atoms with Crippen LogP contribution in [-0.2, 0) is 0 Å². The predicted octanol–water partition coefficient (Wildman–Crippen LogP) is 4.60. The van der Waals surface area contributed by atoms with Crippen LogP contribution in [0.2, 0.25) is 0 Å². The van der Waals surface area contributed by atoms with Crippen LogP contribution in [-0.4, -0.2) is 16.1 Å². The van der Waals surface area contributed by atoms with Gasteiger partial charge in [0.05, 0.1) is 11.8 Å². The zero-order chi connectivity index (χ0) is 16.8. The summed E-state index contributed by atoms with van der Waals surface area (Å²) in [5, 5.41) is 3.65. The van der Waals surface area contributed by atoms with Crippen LogP contribution in [0.4, 0.5) is 0 Å². The van der Waals surface area contributed by atoms with Crippen molar-refractivity contribution in [2.24, 2.45) is 0 Å². The summed E-state index contributed by atoms with van der Waals surface area (Å²) >= 11 is 0. The Bertz CT molecular complexity index is 609. The molecular formula is C20H27N3O. The number of benzene rings is 1. The summed E-state index contributed by atoms with van der Waals surface area (Å²) in [6.45, 7) is 4.33. The van der Waals surface area contributed by atoms with Crippen molar-refractivity contribution in [2.75, 3.05) is 0 Å². The molecule has 0 spiro atoms. The molecule has 0 bridgehead atoms. The van der Waals surface area contributed by atoms with Gasteiger partial charge in [-0.2, -0.15) is 0 Å². The van der Waals surface area contributed by atoms with Crippen molar-refractivity contribution in [3.05, 3.63) is 54.1 Å². The van der Waals surface area contributed by atoms with E-state index >= 15 is 0 Å². The van der Waals surface area contributed by atoms with Crippen molar-refractivity contribution >= 4 is 0 Å². The zero-order valence-electron chi connectivity index (χ0n) is 14.6. The molecule has 1 aromatic heterocycles. The van der Waals surface area contributed by atoms with Crippen molar-refractivity contribution in [3.8, 4) is 5.75 Å². The fourth-order valence-corrected chi connectivity index (χ4v) is 3.35. The number of rotatable bonds is 7. The van der Waals surface area contributed by atoms with Crippen LogP contribution in [0.5, 0.6) is 5.75 Å². The quantitative estimate of drug-likeness (QED) is 0.808. The van der Waals surface area contributed by atoms with E-state index in [4.69, 9.17) is 4.74 Å². The van der Waals surface area contributed by atoms with E-state index in [1.165, 1.54) is 31.2 Å². The molecule has 1 saturated carbocycles. The molecule has 4 nitrogen and oxygen atoms in total. The van der Waals surface area contributed by atoms with Crippen molar-refractivity contribution in [2.45, 2.75) is 64.1 Å². The number of hydrogen-bond acceptors (Lipinski definition) is 4. The molecule has 0 amide bonds. The molecule has 3 rings (SSSR count). The highest BCUT2D eigenvalue weighted by molar-refractivity contribution is 5.29. The van der Waals surface area contributed by atoms with Crippen LogP contribution in [0.1, 0.15) is 69.3 Å². The van der Waals surface area contributed by atoms with Crippen LogP contribution in [0, 0.1) is 0 Å². The maximum Gasteiger partial charge on any atom is 0.119 e. The Hall–Kier alpha value is -1.94. The normalized spacial score (nSPS) is 17.6. The highest BCUT2D eigenvalue weighted by Gasteiger charge is 2.17. The minimum absolute atomic E-state index is 0.165. The molecule has 0 saturated heterocycles. The van der Waals surface area contributed by atoms with Gasteiger partial charge in [-0.1, -0.05) is 19.1 Å². The molecule has 4 heteroatoms. The minimum Gasteiger partial charge on any atom is -0.490 e. The topological polar surface area (TPSA) is 47.0 Å². The summed E-state index contributed by atoms with van der Waals surface area (Å²) in [5.74, 6) is 0.988. The summed E-state index contributed by atoms with van der Waals surface area (Å²) in [5.41, 5.74) is 2.25. The van der Waals surface area contributed by atoms with E-state index in [1.807, 2.05) is 6.20 Å². The van der Waals surface area contributed by atoms with Gasteiger partial charge >= 0.3 is 0 Å². The van der Waals surface area contributed by atoms with Crippen molar-refractivity contribution in [1.29, 1.82) is 0 Å². The lowest BCUT2D eigenvalue weighted by Gasteiger charge is -2.22. The Morgan fingerprint density at radius 3 is 2.54 bits per heavy atom. The van der Waals surface area contributed by atoms with Gasteiger partial charge in [0.2, 0.25) is 0 Å². The number of ether oxygens (including phenoxy) is 1. The van der Waals surface area contributed by atoms with Crippen LogP contribution in [0.3, 0.4) is 0 Å². The van der Waals surface area contributed by atoms with Gasteiger partial charge in [-0.05, 0) is 56.7 Å². The zero-order valence-corrected chi connectivity index (χ0v) is 14.6. The van der Waals surface area contributed by atoms with Gasteiger partial charge in [0, 0.05) is 30.7 Å². The largest absolute Gasteiger partial charge is 0.490 e. The monoisotopic (exact) mass is 325 g/mol. The van der Waals surface area contributed by atoms with Gasteiger partial charge < -0.3 is 10.1 Å². The molecule has 1 fully saturated rings. The van der Waals surface area contributed by atoms with E-state index in [1.54, 1.807) is 12.4 Å². The lowest BCUT2D eigenvalue weighted by molar-refractivity contribution is 0.210. The lowest BCUT2D eigenvalue weighted by Crippen LogP contribution is -2.25. The maximum absolute atomic E-state index is 6.06. The van der Waals surface area contributed by atoms with Crippen LogP contribution < -0.4 is 10.1 Å². The van der Waals surface area contributed by atoms with E-state index in [0.29, 0.717) is 12.1 Å². The van der Waals surface area contributed by atoms with E-state index in [9.17, 15) is 0 Å². The summed E-state index contributed by atoms with van der Waals surface area (Å²) in [7, 11) is 0. The second-order valence-corrected chi connectivity index (χ2v) is 6.57. The molecule has 2 atom stereocenters. The summed E-state index contributed by atoms with van der Waals surface area (Å²) < 4.78 is 6.06. The first-order chi connectivity index (χ1) is 11.8. The molecule has 128 valence electrons. The number of nitrogens with one attached hydrogen (secondary N) is 1. The lowest BCUT2D eigenvalue weighted by atomic mass is 10.0. The standard InChI is InChI=1S/C20H27N3O/c1-3-19(23-15(2)20-14-21-12-13-22-20)16-8-10-18(11-9-16)24-17-6-4-5-7-17/h8-15,17,19,23H,3-7H2,1-2H3/t15-,19-/m0/s1. The summed E-state index contributed by atoms with van der Waals surface area (Å²) in [6.07, 6.45) is 11.7. The average Bonchev–Trinajstić information content (AvgIpc) is 3.14. The van der Waals surface area contributed by atoms with Gasteiger partial charge in [0.15, 0.2) is 0 Å². The van der Waals surface area contributed by atoms with Gasteiger partial charge in [0.25, 0.3) is 0 Å². The van der Waals surface area contributed by atoms with Crippen molar-refractivity contribution in [3.63, 3.8) is 0 Å². The molecule has 24 heavy (non-hydrogen) atoms. The Morgan fingerprint density at radius 2 is 1.92 bits per heavy atom. The fourth-order valence-electron chi connectivity index (χ4n) is 3.35. The third-order valence-corrected chi connectivity index (χ3v) is 4.77. The van der Waals surface area contributed by atoms with Gasteiger partial charge in [-0.25, -0.2) is 0 Å². The molecule has 1 aromatic carbocycles. The number of aromatic nitrogens is 2. The van der Waals surface area contributed by atoms with E-state index in [0.717, 1.165) is 17.9 Å². The molecule has 0 unspecified atom stereocenters. The van der Waals surface area contributed by atoms with Crippen LogP contribution in [0.25, 0.3) is 0 Å². The van der Waals surface area contributed by atoms with Crippen LogP contribution in [0.15, 0.2) is 42.9 Å². The summed E-state index contributed by atoms with van der Waals surface area (Å²) in [6, 6.07) is 9.01. The number of hydrogen-bond donors (Lipinski definition) is 1. The number of nitrogens with zero attached hydrogens (tertiary/aromatic N) is 2. The van der Waals surface area contributed by atoms with Crippen molar-refractivity contribution < 1.29 is 4.74 Å². The third-order valence-electron chi connectivity index (χ3n) is 4.77. The summed E-state index contributed by atoms with van der Waals surface area (Å²) in [4.78, 5) is 8.54. The van der Waals surface area contributed by atoms with Gasteiger partial charge in [0.1, 0.15) is 5.75 Å². The SMILES string of the molecule is CC[C@H](N[C@@H](C)c1cnccn1)c1ccc(OC2CCCC2)cc1. The predicted molar refractivity (Wildman–Crippen MR) is 95.9 cm³/mol. The minimum atomic E-state index is 0.165. The smallest absolute Gasteiger partial charge is 0.119 e. The third kappa shape index (κ3) is 4.32. The fraction of sp³-hybridized carbons (Fsp3) is 0.500. The molecule has 1 aliphatic rings. The first-order valence-corrected chi connectivity index (χ1v) is 9.05. The molecular weight excluding hydrogens is 298 g/mol. The average molecular weight is 325 g/mol. The molecule has 0 radical (unpaired) electrons. The molecule has 1 aliphatic carbocycles. The molecule has 0 aliphatic heterocycles. The second kappa shape index (κ2) is 8.25. The molecule has 1 heterocycles. The maximum atomic E-state index is 6.06. The Balaban J connectivity index is 1.62. The van der Waals surface area contributed by atoms with Crippen molar-refractivity contribution in [1.82, 2.24) is 15.3 Å². The Kier molecular flexibility index (Phi) is 5.81.